The summed E-state index contributed by atoms with van der Waals surface area (Å²) >= 11 is 0. The molecule has 1 N–H and O–H groups in total. The number of pyridine rings is 1. The molecule has 0 spiro atoms. The maximum atomic E-state index is 13.6. The summed E-state index contributed by atoms with van der Waals surface area (Å²) in [6, 6.07) is 19.1. The van der Waals surface area contributed by atoms with Gasteiger partial charge in [-0.15, -0.1) is 5.10 Å². The number of furan rings is 1. The lowest BCUT2D eigenvalue weighted by molar-refractivity contribution is 0.163. The monoisotopic (exact) mass is 528 g/mol. The van der Waals surface area contributed by atoms with Gasteiger partial charge in [-0.1, -0.05) is 23.8 Å². The van der Waals surface area contributed by atoms with Crippen molar-refractivity contribution in [2.75, 3.05) is 20.3 Å². The molecule has 0 bridgehead atoms. The van der Waals surface area contributed by atoms with Crippen LogP contribution in [0.5, 0.6) is 5.75 Å². The molecule has 39 heavy (non-hydrogen) atoms. The third-order valence-corrected chi connectivity index (χ3v) is 6.56. The number of ether oxygens (including phenoxy) is 2. The Hall–Kier alpha value is -4.28. The van der Waals surface area contributed by atoms with Crippen molar-refractivity contribution in [3.8, 4) is 5.75 Å². The van der Waals surface area contributed by atoms with Crippen LogP contribution in [0.1, 0.15) is 41.2 Å². The lowest BCUT2D eigenvalue weighted by Crippen LogP contribution is -2.35. The number of hydrogen-bond acceptors (Lipinski definition) is 8. The van der Waals surface area contributed by atoms with Crippen molar-refractivity contribution in [2.45, 2.75) is 39.5 Å². The number of hydrogen-bond donors (Lipinski definition) is 1. The van der Waals surface area contributed by atoms with E-state index in [1.54, 1.807) is 18.1 Å². The molecule has 3 aromatic heterocycles. The number of H-pyrrole nitrogens is 1. The molecule has 5 aromatic rings. The second-order valence-electron chi connectivity index (χ2n) is 9.36. The quantitative estimate of drug-likeness (QED) is 0.256. The number of benzene rings is 2. The van der Waals surface area contributed by atoms with Crippen LogP contribution in [0.3, 0.4) is 0 Å². The Kier molecular flexibility index (Phi) is 8.14. The van der Waals surface area contributed by atoms with Crippen LogP contribution in [0.2, 0.25) is 0 Å². The van der Waals surface area contributed by atoms with Gasteiger partial charge in [0.1, 0.15) is 17.6 Å². The van der Waals surface area contributed by atoms with Gasteiger partial charge in [0.2, 0.25) is 0 Å². The van der Waals surface area contributed by atoms with E-state index in [0.717, 1.165) is 33.5 Å². The van der Waals surface area contributed by atoms with E-state index in [4.69, 9.17) is 13.9 Å². The Balaban J connectivity index is 1.65. The van der Waals surface area contributed by atoms with Gasteiger partial charge in [-0.25, -0.2) is 4.68 Å². The number of methoxy groups -OCH3 is 1. The fraction of sp³-hybridized carbons (Fsp3) is 0.310. The molecule has 5 rings (SSSR count). The van der Waals surface area contributed by atoms with Crippen LogP contribution in [0.25, 0.3) is 10.9 Å². The van der Waals surface area contributed by atoms with Gasteiger partial charge in [-0.2, -0.15) is 0 Å². The van der Waals surface area contributed by atoms with E-state index >= 15 is 0 Å². The summed E-state index contributed by atoms with van der Waals surface area (Å²) < 4.78 is 18.4. The van der Waals surface area contributed by atoms with Gasteiger partial charge in [-0.05, 0) is 77.7 Å². The number of aromatic nitrogens is 5. The summed E-state index contributed by atoms with van der Waals surface area (Å²) in [5, 5.41) is 13.5. The van der Waals surface area contributed by atoms with Crippen LogP contribution in [0, 0.1) is 6.92 Å². The van der Waals surface area contributed by atoms with Crippen molar-refractivity contribution in [1.82, 2.24) is 30.1 Å². The topological polar surface area (TPSA) is 111 Å². The smallest absolute Gasteiger partial charge is 0.253 e. The Morgan fingerprint density at radius 3 is 2.69 bits per heavy atom. The average molecular weight is 529 g/mol. The molecule has 0 saturated carbocycles. The number of aryl methyl sites for hydroxylation is 1. The predicted molar refractivity (Wildman–Crippen MR) is 146 cm³/mol. The molecule has 10 nitrogen and oxygen atoms in total. The van der Waals surface area contributed by atoms with Crippen molar-refractivity contribution in [2.24, 2.45) is 0 Å². The highest BCUT2D eigenvalue weighted by molar-refractivity contribution is 5.79. The van der Waals surface area contributed by atoms with Crippen LogP contribution < -0.4 is 10.3 Å². The van der Waals surface area contributed by atoms with E-state index in [1.807, 2.05) is 68.4 Å². The molecular formula is C29H32N6O4. The average Bonchev–Trinajstić information content (AvgIpc) is 3.62. The summed E-state index contributed by atoms with van der Waals surface area (Å²) in [5.74, 6) is 2.11. The van der Waals surface area contributed by atoms with Crippen LogP contribution in [-0.2, 0) is 24.4 Å². The van der Waals surface area contributed by atoms with E-state index in [2.05, 4.69) is 31.5 Å². The molecule has 10 heteroatoms. The van der Waals surface area contributed by atoms with Crippen molar-refractivity contribution in [3.63, 3.8) is 0 Å². The highest BCUT2D eigenvalue weighted by atomic mass is 16.5. The van der Waals surface area contributed by atoms with Crippen LogP contribution in [0.15, 0.2) is 76.1 Å². The first-order valence-electron chi connectivity index (χ1n) is 12.9. The number of nitrogens with one attached hydrogen (secondary N) is 1. The minimum Gasteiger partial charge on any atom is -0.494 e. The highest BCUT2D eigenvalue weighted by Crippen LogP contribution is 2.30. The second kappa shape index (κ2) is 12.1. The Labute approximate surface area is 226 Å². The fourth-order valence-corrected chi connectivity index (χ4v) is 4.72. The summed E-state index contributed by atoms with van der Waals surface area (Å²) in [5.41, 5.74) is 3.26. The Morgan fingerprint density at radius 2 is 1.95 bits per heavy atom. The summed E-state index contributed by atoms with van der Waals surface area (Å²) in [7, 11) is 1.63. The van der Waals surface area contributed by atoms with Gasteiger partial charge in [0.05, 0.1) is 32.6 Å². The minimum absolute atomic E-state index is 0.200. The number of tetrazole rings is 1. The number of aromatic amines is 1. The zero-order valence-electron chi connectivity index (χ0n) is 22.3. The molecule has 0 aliphatic carbocycles. The third kappa shape index (κ3) is 6.08. The summed E-state index contributed by atoms with van der Waals surface area (Å²) in [6.07, 6.45) is 1.65. The molecule has 0 aliphatic rings. The van der Waals surface area contributed by atoms with Gasteiger partial charge in [0, 0.05) is 24.7 Å². The molecule has 1 atom stereocenters. The van der Waals surface area contributed by atoms with Gasteiger partial charge in [0.25, 0.3) is 5.56 Å². The maximum absolute atomic E-state index is 13.6. The first-order valence-corrected chi connectivity index (χ1v) is 12.9. The summed E-state index contributed by atoms with van der Waals surface area (Å²) in [4.78, 5) is 18.8. The normalized spacial score (nSPS) is 12.3. The van der Waals surface area contributed by atoms with E-state index in [-0.39, 0.29) is 5.56 Å². The van der Waals surface area contributed by atoms with Gasteiger partial charge < -0.3 is 18.9 Å². The maximum Gasteiger partial charge on any atom is 0.253 e. The number of rotatable bonds is 12. The van der Waals surface area contributed by atoms with Crippen molar-refractivity contribution in [3.05, 3.63) is 106 Å². The number of fused-ring (bicyclic) bond motifs is 1. The molecule has 202 valence electrons. The molecular weight excluding hydrogens is 496 g/mol. The zero-order chi connectivity index (χ0) is 27.2. The van der Waals surface area contributed by atoms with Crippen molar-refractivity contribution in [1.29, 1.82) is 0 Å². The largest absolute Gasteiger partial charge is 0.494 e. The third-order valence-electron chi connectivity index (χ3n) is 6.56. The van der Waals surface area contributed by atoms with Crippen LogP contribution in [-0.4, -0.2) is 50.4 Å². The molecule has 0 radical (unpaired) electrons. The molecule has 3 heterocycles. The van der Waals surface area contributed by atoms with E-state index < -0.39 is 6.04 Å². The van der Waals surface area contributed by atoms with Crippen molar-refractivity contribution >= 4 is 10.9 Å². The Morgan fingerprint density at radius 1 is 1.10 bits per heavy atom. The van der Waals surface area contributed by atoms with E-state index in [1.165, 1.54) is 0 Å². The second-order valence-corrected chi connectivity index (χ2v) is 9.36. The lowest BCUT2D eigenvalue weighted by Gasteiger charge is -2.30. The standard InChI is InChI=1S/C29H32N6O4/c1-4-38-23-10-8-21(9-11-23)18-34(19-24-6-5-14-39-24)27(28-31-32-33-35(28)13-15-37-3)25-17-22-16-20(2)7-12-26(22)30-29(25)36/h5-12,14,16-17,27H,4,13,15,18-19H2,1-3H3,(H,30,36)/t27-/m1/s1. The first-order chi connectivity index (χ1) is 19.1. The molecule has 2 aromatic carbocycles. The first kappa shape index (κ1) is 26.3. The SMILES string of the molecule is CCOc1ccc(CN(Cc2ccco2)[C@H](c2cc3cc(C)ccc3[nH]c2=O)c2nnnn2CCOC)cc1. The Bertz CT molecular complexity index is 1560. The summed E-state index contributed by atoms with van der Waals surface area (Å²) in [6.45, 7) is 6.38. The lowest BCUT2D eigenvalue weighted by atomic mass is 10.0. The van der Waals surface area contributed by atoms with Gasteiger partial charge in [0.15, 0.2) is 5.82 Å². The molecule has 0 unspecified atom stereocenters. The number of nitrogens with zero attached hydrogens (tertiary/aromatic N) is 5. The van der Waals surface area contributed by atoms with E-state index in [0.29, 0.717) is 44.2 Å². The molecule has 0 aliphatic heterocycles. The molecule has 0 amide bonds. The van der Waals surface area contributed by atoms with Crippen LogP contribution in [0.4, 0.5) is 0 Å². The molecule has 0 saturated heterocycles. The van der Waals surface area contributed by atoms with Gasteiger partial charge >= 0.3 is 0 Å². The fourth-order valence-electron chi connectivity index (χ4n) is 4.72. The van der Waals surface area contributed by atoms with Gasteiger partial charge in [-0.3, -0.25) is 9.69 Å². The van der Waals surface area contributed by atoms with Crippen molar-refractivity contribution < 1.29 is 13.9 Å². The zero-order valence-corrected chi connectivity index (χ0v) is 22.3. The minimum atomic E-state index is -0.581. The van der Waals surface area contributed by atoms with E-state index in [9.17, 15) is 4.79 Å². The predicted octanol–water partition coefficient (Wildman–Crippen LogP) is 4.25. The highest BCUT2D eigenvalue weighted by Gasteiger charge is 2.31. The van der Waals surface area contributed by atoms with Crippen LogP contribution >= 0.6 is 0 Å². The molecule has 0 fully saturated rings.